The van der Waals surface area contributed by atoms with Gasteiger partial charge in [-0.1, -0.05) is 26.2 Å². The van der Waals surface area contributed by atoms with Crippen molar-refractivity contribution in [1.29, 1.82) is 0 Å². The third kappa shape index (κ3) is 8.83. The van der Waals surface area contributed by atoms with Gasteiger partial charge in [0.1, 0.15) is 11.9 Å². The molecule has 1 fully saturated rings. The van der Waals surface area contributed by atoms with E-state index in [4.69, 9.17) is 4.74 Å². The lowest BCUT2D eigenvalue weighted by Crippen LogP contribution is -2.52. The molecule has 2 aliphatic rings. The van der Waals surface area contributed by atoms with E-state index >= 15 is 0 Å². The minimum atomic E-state index is -0.400. The number of hydrogen-bond donors (Lipinski definition) is 3. The Hall–Kier alpha value is -2.85. The number of aliphatic hydroxyl groups is 1. The SMILES string of the molecule is C[C@@H]1CN([C@@H](C)CO)C(=O)c2cc(NC(=O)CCCN(C)C)ccc2O[C@@H]1CN(C)C(=O)NC1CCCCC1. The van der Waals surface area contributed by atoms with Crippen LogP contribution in [0.1, 0.15) is 69.2 Å². The molecule has 0 bridgehead atoms. The van der Waals surface area contributed by atoms with Crippen molar-refractivity contribution in [3.63, 3.8) is 0 Å². The lowest BCUT2D eigenvalue weighted by atomic mass is 9.96. The largest absolute Gasteiger partial charge is 0.487 e. The Morgan fingerprint density at radius 1 is 1.18 bits per heavy atom. The average molecular weight is 546 g/mol. The highest BCUT2D eigenvalue weighted by Crippen LogP contribution is 2.31. The fourth-order valence-electron chi connectivity index (χ4n) is 5.18. The highest BCUT2D eigenvalue weighted by molar-refractivity contribution is 5.99. The van der Waals surface area contributed by atoms with Crippen LogP contribution in [0.15, 0.2) is 18.2 Å². The molecular weight excluding hydrogens is 498 g/mol. The Morgan fingerprint density at radius 2 is 1.90 bits per heavy atom. The molecule has 0 saturated heterocycles. The fraction of sp³-hybridized carbons (Fsp3) is 0.690. The molecule has 3 atom stereocenters. The molecule has 0 aromatic heterocycles. The van der Waals surface area contributed by atoms with Crippen LogP contribution in [-0.4, -0.2) is 103 Å². The predicted molar refractivity (Wildman–Crippen MR) is 152 cm³/mol. The first-order chi connectivity index (χ1) is 18.6. The zero-order valence-electron chi connectivity index (χ0n) is 24.2. The number of carbonyl (C=O) groups is 3. The van der Waals surface area contributed by atoms with Crippen LogP contribution in [0.2, 0.25) is 0 Å². The van der Waals surface area contributed by atoms with Gasteiger partial charge in [0.15, 0.2) is 0 Å². The van der Waals surface area contributed by atoms with Gasteiger partial charge in [-0.2, -0.15) is 0 Å². The van der Waals surface area contributed by atoms with E-state index in [1.807, 2.05) is 32.8 Å². The van der Waals surface area contributed by atoms with Crippen LogP contribution in [0.5, 0.6) is 5.75 Å². The minimum Gasteiger partial charge on any atom is -0.487 e. The summed E-state index contributed by atoms with van der Waals surface area (Å²) >= 11 is 0. The second kappa shape index (κ2) is 14.5. The maximum absolute atomic E-state index is 13.6. The van der Waals surface area contributed by atoms with Crippen molar-refractivity contribution in [2.45, 2.75) is 77.0 Å². The minimum absolute atomic E-state index is 0.0999. The smallest absolute Gasteiger partial charge is 0.317 e. The van der Waals surface area contributed by atoms with Crippen LogP contribution >= 0.6 is 0 Å². The average Bonchev–Trinajstić information content (AvgIpc) is 2.90. The van der Waals surface area contributed by atoms with Crippen molar-refractivity contribution in [1.82, 2.24) is 20.0 Å². The molecule has 0 spiro atoms. The molecule has 1 heterocycles. The molecule has 1 aliphatic heterocycles. The van der Waals surface area contributed by atoms with Gasteiger partial charge in [-0.05, 0) is 65.0 Å². The van der Waals surface area contributed by atoms with Gasteiger partial charge in [-0.25, -0.2) is 4.79 Å². The molecule has 1 aromatic carbocycles. The number of nitrogens with zero attached hydrogens (tertiary/aromatic N) is 3. The molecule has 10 nitrogen and oxygen atoms in total. The first kappa shape index (κ1) is 30.7. The summed E-state index contributed by atoms with van der Waals surface area (Å²) in [7, 11) is 5.70. The summed E-state index contributed by atoms with van der Waals surface area (Å²) in [4.78, 5) is 44.4. The number of aliphatic hydroxyl groups excluding tert-OH is 1. The van der Waals surface area contributed by atoms with Gasteiger partial charge in [0.2, 0.25) is 5.91 Å². The molecule has 10 heteroatoms. The van der Waals surface area contributed by atoms with Crippen LogP contribution in [0.25, 0.3) is 0 Å². The second-order valence-corrected chi connectivity index (χ2v) is 11.5. The third-order valence-electron chi connectivity index (χ3n) is 7.69. The molecule has 1 saturated carbocycles. The van der Waals surface area contributed by atoms with E-state index in [1.54, 1.807) is 35.0 Å². The van der Waals surface area contributed by atoms with Crippen molar-refractivity contribution in [3.8, 4) is 5.75 Å². The number of carbonyl (C=O) groups excluding carboxylic acids is 3. The predicted octanol–water partition coefficient (Wildman–Crippen LogP) is 3.16. The number of nitrogens with one attached hydrogen (secondary N) is 2. The monoisotopic (exact) mass is 545 g/mol. The number of fused-ring (bicyclic) bond motifs is 1. The highest BCUT2D eigenvalue weighted by atomic mass is 16.5. The quantitative estimate of drug-likeness (QED) is 0.416. The molecule has 1 aromatic rings. The van der Waals surface area contributed by atoms with Gasteiger partial charge in [-0.15, -0.1) is 0 Å². The Bertz CT molecular complexity index is 981. The summed E-state index contributed by atoms with van der Waals surface area (Å²) in [6.07, 6.45) is 6.25. The van der Waals surface area contributed by atoms with Crippen molar-refractivity contribution in [3.05, 3.63) is 23.8 Å². The summed E-state index contributed by atoms with van der Waals surface area (Å²) in [5.41, 5.74) is 0.846. The zero-order valence-corrected chi connectivity index (χ0v) is 24.2. The van der Waals surface area contributed by atoms with Gasteiger partial charge < -0.3 is 35.2 Å². The summed E-state index contributed by atoms with van der Waals surface area (Å²) in [6, 6.07) is 4.77. The number of likely N-dealkylation sites (N-methyl/N-ethyl adjacent to an activating group) is 1. The van der Waals surface area contributed by atoms with Gasteiger partial charge in [0, 0.05) is 37.7 Å². The normalized spacial score (nSPS) is 20.9. The van der Waals surface area contributed by atoms with Crippen molar-refractivity contribution in [2.24, 2.45) is 5.92 Å². The Labute approximate surface area is 233 Å². The number of benzene rings is 1. The number of rotatable bonds is 10. The van der Waals surface area contributed by atoms with Gasteiger partial charge in [0.05, 0.1) is 24.8 Å². The third-order valence-corrected chi connectivity index (χ3v) is 7.69. The van der Waals surface area contributed by atoms with Crippen LogP contribution in [0.3, 0.4) is 0 Å². The summed E-state index contributed by atoms with van der Waals surface area (Å²) in [5, 5.41) is 15.9. The Balaban J connectivity index is 1.78. The molecule has 3 N–H and O–H groups in total. The standard InChI is InChI=1S/C29H47N5O5/c1-20-17-34(21(2)19-35)28(37)24-16-23(30-27(36)12-9-15-32(3)4)13-14-25(24)39-26(20)18-33(5)29(38)31-22-10-7-6-8-11-22/h13-14,16,20-22,26,35H,6-12,15,17-19H2,1-5H3,(H,30,36)(H,31,38)/t20-,21+,26-/m1/s1. The van der Waals surface area contributed by atoms with Crippen molar-refractivity contribution in [2.75, 3.05) is 52.7 Å². The van der Waals surface area contributed by atoms with Crippen LogP contribution in [-0.2, 0) is 4.79 Å². The summed E-state index contributed by atoms with van der Waals surface area (Å²) in [5.74, 6) is -0.0758. The van der Waals surface area contributed by atoms with Crippen molar-refractivity contribution >= 4 is 23.5 Å². The van der Waals surface area contributed by atoms with E-state index in [0.29, 0.717) is 36.5 Å². The van der Waals surface area contributed by atoms with E-state index in [9.17, 15) is 19.5 Å². The Kier molecular flexibility index (Phi) is 11.4. The van der Waals surface area contributed by atoms with E-state index < -0.39 is 6.04 Å². The van der Waals surface area contributed by atoms with Crippen LogP contribution < -0.4 is 15.4 Å². The number of anilines is 1. The molecule has 0 radical (unpaired) electrons. The highest BCUT2D eigenvalue weighted by Gasteiger charge is 2.34. The van der Waals surface area contributed by atoms with Crippen molar-refractivity contribution < 1.29 is 24.2 Å². The lowest BCUT2D eigenvalue weighted by molar-refractivity contribution is -0.116. The van der Waals surface area contributed by atoms with Crippen LogP contribution in [0, 0.1) is 5.92 Å². The number of urea groups is 1. The molecule has 218 valence electrons. The van der Waals surface area contributed by atoms with E-state index in [2.05, 4.69) is 10.6 Å². The molecule has 3 rings (SSSR count). The van der Waals surface area contributed by atoms with E-state index in [0.717, 1.165) is 38.6 Å². The molecular formula is C29H47N5O5. The van der Waals surface area contributed by atoms with Crippen LogP contribution in [0.4, 0.5) is 10.5 Å². The lowest BCUT2D eigenvalue weighted by Gasteiger charge is -2.38. The van der Waals surface area contributed by atoms with E-state index in [1.165, 1.54) is 6.42 Å². The fourth-order valence-corrected chi connectivity index (χ4v) is 5.18. The molecule has 4 amide bonds. The number of hydrogen-bond acceptors (Lipinski definition) is 6. The van der Waals surface area contributed by atoms with Gasteiger partial charge >= 0.3 is 6.03 Å². The Morgan fingerprint density at radius 3 is 2.56 bits per heavy atom. The number of amides is 4. The first-order valence-corrected chi connectivity index (χ1v) is 14.3. The van der Waals surface area contributed by atoms with Gasteiger partial charge in [-0.3, -0.25) is 9.59 Å². The summed E-state index contributed by atoms with van der Waals surface area (Å²) in [6.45, 7) is 5.15. The molecule has 1 aliphatic carbocycles. The van der Waals surface area contributed by atoms with Gasteiger partial charge in [0.25, 0.3) is 5.91 Å². The molecule has 0 unspecified atom stereocenters. The second-order valence-electron chi connectivity index (χ2n) is 11.5. The zero-order chi connectivity index (χ0) is 28.5. The molecule has 39 heavy (non-hydrogen) atoms. The maximum Gasteiger partial charge on any atom is 0.317 e. The summed E-state index contributed by atoms with van der Waals surface area (Å²) < 4.78 is 6.39. The topological polar surface area (TPSA) is 114 Å². The number of ether oxygens (including phenoxy) is 1. The maximum atomic E-state index is 13.6. The first-order valence-electron chi connectivity index (χ1n) is 14.3. The van der Waals surface area contributed by atoms with E-state index in [-0.39, 0.29) is 42.5 Å².